The van der Waals surface area contributed by atoms with Crippen molar-refractivity contribution in [1.29, 1.82) is 0 Å². The molecule has 0 aromatic heterocycles. The van der Waals surface area contributed by atoms with Crippen LogP contribution in [0.4, 0.5) is 10.1 Å². The molecule has 0 radical (unpaired) electrons. The molecule has 5 heteroatoms. The third kappa shape index (κ3) is 3.41. The summed E-state index contributed by atoms with van der Waals surface area (Å²) in [5.74, 6) is -0.0661. The van der Waals surface area contributed by atoms with Gasteiger partial charge in [0.25, 0.3) is 0 Å². The zero-order valence-corrected chi connectivity index (χ0v) is 13.5. The highest BCUT2D eigenvalue weighted by molar-refractivity contribution is 5.95. The average Bonchev–Trinajstić information content (AvgIpc) is 3.37. The van der Waals surface area contributed by atoms with Crippen LogP contribution in [-0.4, -0.2) is 17.6 Å². The maximum Gasteiger partial charge on any atom is 0.228 e. The van der Waals surface area contributed by atoms with Crippen molar-refractivity contribution in [2.24, 2.45) is 5.92 Å². The first-order chi connectivity index (χ1) is 11.6. The number of aliphatic hydroxyl groups is 1. The van der Waals surface area contributed by atoms with Gasteiger partial charge in [0.15, 0.2) is 0 Å². The van der Waals surface area contributed by atoms with Crippen LogP contribution >= 0.6 is 0 Å². The van der Waals surface area contributed by atoms with E-state index in [1.807, 2.05) is 6.92 Å². The number of nitrogens with one attached hydrogen (secondary N) is 1. The fourth-order valence-electron chi connectivity index (χ4n) is 2.92. The number of halogens is 1. The summed E-state index contributed by atoms with van der Waals surface area (Å²) in [6, 6.07) is 11.7. The van der Waals surface area contributed by atoms with E-state index in [-0.39, 0.29) is 30.2 Å². The Morgan fingerprint density at radius 1 is 1.33 bits per heavy atom. The highest BCUT2D eigenvalue weighted by atomic mass is 19.1. The second kappa shape index (κ2) is 7.01. The SMILES string of the molecule is CCOc1ccc(NC(=O)C2CC2c2ccccc2F)cc1CO. The molecule has 1 aliphatic rings. The van der Waals surface area contributed by atoms with E-state index in [0.717, 1.165) is 0 Å². The minimum absolute atomic E-state index is 0.0637. The molecule has 3 rings (SSSR count). The van der Waals surface area contributed by atoms with Crippen molar-refractivity contribution >= 4 is 11.6 Å². The molecule has 2 aromatic carbocycles. The van der Waals surface area contributed by atoms with Gasteiger partial charge in [-0.2, -0.15) is 0 Å². The number of rotatable bonds is 6. The first-order valence-electron chi connectivity index (χ1n) is 8.06. The van der Waals surface area contributed by atoms with Crippen LogP contribution in [0.5, 0.6) is 5.75 Å². The van der Waals surface area contributed by atoms with E-state index >= 15 is 0 Å². The molecule has 0 spiro atoms. The maximum absolute atomic E-state index is 13.8. The van der Waals surface area contributed by atoms with E-state index in [4.69, 9.17) is 4.74 Å². The monoisotopic (exact) mass is 329 g/mol. The minimum atomic E-state index is -0.263. The lowest BCUT2D eigenvalue weighted by Crippen LogP contribution is -2.15. The zero-order chi connectivity index (χ0) is 17.1. The van der Waals surface area contributed by atoms with E-state index in [1.165, 1.54) is 6.07 Å². The zero-order valence-electron chi connectivity index (χ0n) is 13.5. The highest BCUT2D eigenvalue weighted by Gasteiger charge is 2.45. The molecule has 2 N–H and O–H groups in total. The highest BCUT2D eigenvalue weighted by Crippen LogP contribution is 2.48. The van der Waals surface area contributed by atoms with Crippen molar-refractivity contribution in [3.05, 3.63) is 59.4 Å². The molecule has 1 fully saturated rings. The Labute approximate surface area is 140 Å². The lowest BCUT2D eigenvalue weighted by Gasteiger charge is -2.11. The standard InChI is InChI=1S/C19H20FNO3/c1-2-24-18-8-7-13(9-12(18)11-22)21-19(23)16-10-15(16)14-5-3-4-6-17(14)20/h3-9,15-16,22H,2,10-11H2,1H3,(H,21,23). The number of amides is 1. The van der Waals surface area contributed by atoms with Crippen LogP contribution in [0.15, 0.2) is 42.5 Å². The van der Waals surface area contributed by atoms with Crippen molar-refractivity contribution in [3.8, 4) is 5.75 Å². The summed E-state index contributed by atoms with van der Waals surface area (Å²) in [6.45, 7) is 2.21. The number of hydrogen-bond acceptors (Lipinski definition) is 3. The Hall–Kier alpha value is -2.40. The molecule has 1 aliphatic carbocycles. The van der Waals surface area contributed by atoms with E-state index in [1.54, 1.807) is 36.4 Å². The van der Waals surface area contributed by atoms with E-state index in [9.17, 15) is 14.3 Å². The van der Waals surface area contributed by atoms with Gasteiger partial charge >= 0.3 is 0 Å². The molecule has 126 valence electrons. The molecule has 0 aliphatic heterocycles. The number of carbonyl (C=O) groups is 1. The summed E-state index contributed by atoms with van der Waals surface area (Å²) in [7, 11) is 0. The third-order valence-corrected chi connectivity index (χ3v) is 4.23. The molecule has 2 unspecified atom stereocenters. The van der Waals surface area contributed by atoms with Crippen molar-refractivity contribution in [3.63, 3.8) is 0 Å². The van der Waals surface area contributed by atoms with Crippen molar-refractivity contribution in [2.75, 3.05) is 11.9 Å². The maximum atomic E-state index is 13.8. The Balaban J connectivity index is 1.67. The Kier molecular flexibility index (Phi) is 4.81. The number of hydrogen-bond donors (Lipinski definition) is 2. The van der Waals surface area contributed by atoms with Gasteiger partial charge in [0, 0.05) is 17.2 Å². The lowest BCUT2D eigenvalue weighted by molar-refractivity contribution is -0.117. The number of carbonyl (C=O) groups excluding carboxylic acids is 1. The minimum Gasteiger partial charge on any atom is -0.494 e. The first kappa shape index (κ1) is 16.5. The fraction of sp³-hybridized carbons (Fsp3) is 0.316. The van der Waals surface area contributed by atoms with Gasteiger partial charge in [-0.1, -0.05) is 18.2 Å². The van der Waals surface area contributed by atoms with E-state index in [2.05, 4.69) is 5.32 Å². The quantitative estimate of drug-likeness (QED) is 0.853. The average molecular weight is 329 g/mol. The Bertz CT molecular complexity index is 747. The Morgan fingerprint density at radius 2 is 2.12 bits per heavy atom. The van der Waals surface area contributed by atoms with Crippen LogP contribution in [-0.2, 0) is 11.4 Å². The normalized spacial score (nSPS) is 19.0. The molecule has 4 nitrogen and oxygen atoms in total. The number of anilines is 1. The number of ether oxygens (including phenoxy) is 1. The number of aliphatic hydroxyl groups excluding tert-OH is 1. The van der Waals surface area contributed by atoms with Crippen LogP contribution in [0.25, 0.3) is 0 Å². The molecule has 0 saturated heterocycles. The van der Waals surface area contributed by atoms with E-state index in [0.29, 0.717) is 35.6 Å². The first-order valence-corrected chi connectivity index (χ1v) is 8.06. The summed E-state index contributed by atoms with van der Waals surface area (Å²) in [4.78, 5) is 12.4. The molecular formula is C19H20FNO3. The summed E-state index contributed by atoms with van der Waals surface area (Å²) in [6.07, 6.45) is 0.649. The summed E-state index contributed by atoms with van der Waals surface area (Å²) >= 11 is 0. The van der Waals surface area contributed by atoms with Crippen LogP contribution in [0.2, 0.25) is 0 Å². The van der Waals surface area contributed by atoms with Gasteiger partial charge in [0.05, 0.1) is 13.2 Å². The molecule has 0 heterocycles. The predicted molar refractivity (Wildman–Crippen MR) is 89.4 cm³/mol. The van der Waals surface area contributed by atoms with Gasteiger partial charge < -0.3 is 15.2 Å². The molecule has 1 amide bonds. The molecule has 0 bridgehead atoms. The number of benzene rings is 2. The van der Waals surface area contributed by atoms with Gasteiger partial charge in [-0.3, -0.25) is 4.79 Å². The second-order valence-corrected chi connectivity index (χ2v) is 5.87. The third-order valence-electron chi connectivity index (χ3n) is 4.23. The van der Waals surface area contributed by atoms with Gasteiger partial charge in [-0.25, -0.2) is 4.39 Å². The van der Waals surface area contributed by atoms with Gasteiger partial charge in [-0.15, -0.1) is 0 Å². The topological polar surface area (TPSA) is 58.6 Å². The van der Waals surface area contributed by atoms with Gasteiger partial charge in [0.1, 0.15) is 11.6 Å². The van der Waals surface area contributed by atoms with Crippen molar-refractivity contribution in [1.82, 2.24) is 0 Å². The van der Waals surface area contributed by atoms with Gasteiger partial charge in [-0.05, 0) is 49.1 Å². The summed E-state index contributed by atoms with van der Waals surface area (Å²) < 4.78 is 19.2. The smallest absolute Gasteiger partial charge is 0.228 e. The van der Waals surface area contributed by atoms with Crippen molar-refractivity contribution in [2.45, 2.75) is 25.9 Å². The Morgan fingerprint density at radius 3 is 2.83 bits per heavy atom. The van der Waals surface area contributed by atoms with E-state index < -0.39 is 0 Å². The van der Waals surface area contributed by atoms with Crippen LogP contribution in [0, 0.1) is 11.7 Å². The molecule has 1 saturated carbocycles. The summed E-state index contributed by atoms with van der Waals surface area (Å²) in [5, 5.41) is 12.3. The van der Waals surface area contributed by atoms with Crippen LogP contribution in [0.3, 0.4) is 0 Å². The molecule has 24 heavy (non-hydrogen) atoms. The largest absolute Gasteiger partial charge is 0.494 e. The lowest BCUT2D eigenvalue weighted by atomic mass is 10.1. The molecule has 2 atom stereocenters. The second-order valence-electron chi connectivity index (χ2n) is 5.87. The van der Waals surface area contributed by atoms with Crippen LogP contribution < -0.4 is 10.1 Å². The van der Waals surface area contributed by atoms with Gasteiger partial charge in [0.2, 0.25) is 5.91 Å². The molecule has 2 aromatic rings. The predicted octanol–water partition coefficient (Wildman–Crippen LogP) is 3.46. The van der Waals surface area contributed by atoms with Crippen LogP contribution in [0.1, 0.15) is 30.4 Å². The fourth-order valence-corrected chi connectivity index (χ4v) is 2.92. The van der Waals surface area contributed by atoms with Crippen molar-refractivity contribution < 1.29 is 19.0 Å². The summed E-state index contributed by atoms with van der Waals surface area (Å²) in [5.41, 5.74) is 1.82. The molecular weight excluding hydrogens is 309 g/mol.